The zero-order valence-corrected chi connectivity index (χ0v) is 18.1. The quantitative estimate of drug-likeness (QED) is 0.367. The molecule has 1 aliphatic rings. The van der Waals surface area contributed by atoms with Crippen LogP contribution in [-0.2, 0) is 0 Å². The highest BCUT2D eigenvalue weighted by Gasteiger charge is 2.15. The van der Waals surface area contributed by atoms with E-state index in [1.54, 1.807) is 0 Å². The molecule has 0 amide bonds. The minimum absolute atomic E-state index is 0.927. The maximum absolute atomic E-state index is 4.66. The molecule has 0 unspecified atom stereocenters. The number of anilines is 1. The number of rotatable bonds is 4. The van der Waals surface area contributed by atoms with Gasteiger partial charge in [0.2, 0.25) is 0 Å². The molecule has 5 heteroatoms. The van der Waals surface area contributed by atoms with E-state index in [2.05, 4.69) is 91.8 Å². The van der Waals surface area contributed by atoms with E-state index in [9.17, 15) is 0 Å². The smallest absolute Gasteiger partial charge is 0.116 e. The number of nitrogens with one attached hydrogen (secondary N) is 2. The summed E-state index contributed by atoms with van der Waals surface area (Å²) >= 11 is 0. The molecule has 3 aromatic heterocycles. The Bertz CT molecular complexity index is 1530. The molecule has 0 saturated carbocycles. The number of allylic oxidation sites excluding steroid dienone is 4. The van der Waals surface area contributed by atoms with E-state index in [1.807, 2.05) is 26.5 Å². The highest BCUT2D eigenvalue weighted by Crippen LogP contribution is 2.35. The lowest BCUT2D eigenvalue weighted by atomic mass is 10.0. The first-order valence-electron chi connectivity index (χ1n) is 10.8. The van der Waals surface area contributed by atoms with Crippen LogP contribution in [0.1, 0.15) is 12.0 Å². The van der Waals surface area contributed by atoms with E-state index >= 15 is 0 Å². The standard InChI is InChI=1S/C27H23N5/c1-32(2)20-12-19(15-28-16-20)18-10-11-25-23(13-18)27(31-30-25)26-14-22-21(17-6-3-4-7-17)8-5-9-24(22)29-26/h3,5-16,29H,4H2,1-2H3,(H,30,31). The van der Waals surface area contributed by atoms with Crippen molar-refractivity contribution in [2.24, 2.45) is 0 Å². The average molecular weight is 418 g/mol. The zero-order chi connectivity index (χ0) is 21.7. The maximum Gasteiger partial charge on any atom is 0.116 e. The minimum Gasteiger partial charge on any atom is -0.376 e. The molecule has 0 atom stereocenters. The fourth-order valence-electron chi connectivity index (χ4n) is 4.42. The Hall–Kier alpha value is -4.12. The summed E-state index contributed by atoms with van der Waals surface area (Å²) in [5.41, 5.74) is 9.89. The Morgan fingerprint density at radius 1 is 0.906 bits per heavy atom. The molecule has 0 saturated heterocycles. The predicted molar refractivity (Wildman–Crippen MR) is 133 cm³/mol. The lowest BCUT2D eigenvalue weighted by Gasteiger charge is -2.13. The monoisotopic (exact) mass is 417 g/mol. The molecular formula is C27H23N5. The predicted octanol–water partition coefficient (Wildman–Crippen LogP) is 6.18. The van der Waals surface area contributed by atoms with Crippen molar-refractivity contribution in [1.82, 2.24) is 20.2 Å². The van der Waals surface area contributed by atoms with Gasteiger partial charge < -0.3 is 9.88 Å². The Balaban J connectivity index is 1.48. The molecule has 0 radical (unpaired) electrons. The van der Waals surface area contributed by atoms with Crippen molar-refractivity contribution in [3.8, 4) is 22.5 Å². The van der Waals surface area contributed by atoms with Crippen molar-refractivity contribution in [3.05, 3.63) is 84.7 Å². The first kappa shape index (κ1) is 18.6. The molecule has 156 valence electrons. The summed E-state index contributed by atoms with van der Waals surface area (Å²) in [6.45, 7) is 0. The van der Waals surface area contributed by atoms with E-state index in [0.29, 0.717) is 0 Å². The van der Waals surface area contributed by atoms with E-state index in [0.717, 1.165) is 51.0 Å². The molecule has 1 aliphatic carbocycles. The first-order chi connectivity index (χ1) is 15.7. The van der Waals surface area contributed by atoms with Crippen molar-refractivity contribution < 1.29 is 0 Å². The summed E-state index contributed by atoms with van der Waals surface area (Å²) in [4.78, 5) is 10.1. The lowest BCUT2D eigenvalue weighted by Crippen LogP contribution is -2.08. The molecule has 0 bridgehead atoms. The van der Waals surface area contributed by atoms with Crippen LogP contribution in [0.4, 0.5) is 5.69 Å². The van der Waals surface area contributed by atoms with Crippen LogP contribution in [0.5, 0.6) is 0 Å². The summed E-state index contributed by atoms with van der Waals surface area (Å²) in [6.07, 6.45) is 11.5. The Morgan fingerprint density at radius 2 is 1.84 bits per heavy atom. The largest absolute Gasteiger partial charge is 0.376 e. The van der Waals surface area contributed by atoms with Gasteiger partial charge in [0, 0.05) is 42.1 Å². The number of fused-ring (bicyclic) bond motifs is 2. The van der Waals surface area contributed by atoms with Gasteiger partial charge in [-0.3, -0.25) is 10.1 Å². The molecule has 3 heterocycles. The van der Waals surface area contributed by atoms with Gasteiger partial charge in [-0.25, -0.2) is 0 Å². The molecular weight excluding hydrogens is 394 g/mol. The van der Waals surface area contributed by atoms with Gasteiger partial charge in [0.05, 0.1) is 23.1 Å². The summed E-state index contributed by atoms with van der Waals surface area (Å²) in [5, 5.41) is 10.2. The van der Waals surface area contributed by atoms with Crippen LogP contribution in [0, 0.1) is 0 Å². The SMILES string of the molecule is CN(C)c1cncc(-c2ccc3[nH]nc(-c4cc5c(C6=CCC=C6)cccc5[nH]4)c3c2)c1. The van der Waals surface area contributed by atoms with Crippen LogP contribution in [0.15, 0.2) is 79.2 Å². The number of pyridine rings is 1. The van der Waals surface area contributed by atoms with Crippen molar-refractivity contribution in [1.29, 1.82) is 0 Å². The second-order valence-corrected chi connectivity index (χ2v) is 8.41. The molecule has 0 fully saturated rings. The lowest BCUT2D eigenvalue weighted by molar-refractivity contribution is 1.11. The Labute approximate surface area is 186 Å². The van der Waals surface area contributed by atoms with E-state index in [-0.39, 0.29) is 0 Å². The van der Waals surface area contributed by atoms with Crippen LogP contribution < -0.4 is 4.90 Å². The zero-order valence-electron chi connectivity index (χ0n) is 18.1. The fraction of sp³-hybridized carbons (Fsp3) is 0.111. The number of H-pyrrole nitrogens is 2. The number of benzene rings is 2. The van der Waals surface area contributed by atoms with Gasteiger partial charge in [-0.05, 0) is 53.5 Å². The summed E-state index contributed by atoms with van der Waals surface area (Å²) in [6, 6.07) is 17.2. The molecule has 32 heavy (non-hydrogen) atoms. The summed E-state index contributed by atoms with van der Waals surface area (Å²) in [5.74, 6) is 0. The van der Waals surface area contributed by atoms with Crippen LogP contribution >= 0.6 is 0 Å². The van der Waals surface area contributed by atoms with E-state index < -0.39 is 0 Å². The molecule has 2 N–H and O–H groups in total. The minimum atomic E-state index is 0.927. The van der Waals surface area contributed by atoms with Gasteiger partial charge in [-0.2, -0.15) is 5.10 Å². The van der Waals surface area contributed by atoms with Crippen molar-refractivity contribution >= 4 is 33.1 Å². The molecule has 0 spiro atoms. The third-order valence-electron chi connectivity index (χ3n) is 6.14. The second-order valence-electron chi connectivity index (χ2n) is 8.41. The number of hydrogen-bond acceptors (Lipinski definition) is 3. The summed E-state index contributed by atoms with van der Waals surface area (Å²) < 4.78 is 0. The molecule has 6 rings (SSSR count). The van der Waals surface area contributed by atoms with Crippen LogP contribution in [0.2, 0.25) is 0 Å². The normalized spacial score (nSPS) is 13.2. The van der Waals surface area contributed by atoms with Crippen LogP contribution in [0.25, 0.3) is 49.9 Å². The van der Waals surface area contributed by atoms with Gasteiger partial charge in [-0.15, -0.1) is 0 Å². The highest BCUT2D eigenvalue weighted by molar-refractivity contribution is 6.01. The summed E-state index contributed by atoms with van der Waals surface area (Å²) in [7, 11) is 4.06. The number of aromatic nitrogens is 4. The van der Waals surface area contributed by atoms with Crippen molar-refractivity contribution in [3.63, 3.8) is 0 Å². The topological polar surface area (TPSA) is 60.6 Å². The highest BCUT2D eigenvalue weighted by atomic mass is 15.1. The third kappa shape index (κ3) is 3.02. The Morgan fingerprint density at radius 3 is 2.69 bits per heavy atom. The second kappa shape index (κ2) is 7.24. The van der Waals surface area contributed by atoms with Gasteiger partial charge >= 0.3 is 0 Å². The molecule has 5 aromatic rings. The number of hydrogen-bond donors (Lipinski definition) is 2. The first-order valence-corrected chi connectivity index (χ1v) is 10.8. The fourth-order valence-corrected chi connectivity index (χ4v) is 4.42. The van der Waals surface area contributed by atoms with E-state index in [4.69, 9.17) is 0 Å². The number of aromatic amines is 2. The van der Waals surface area contributed by atoms with Crippen molar-refractivity contribution in [2.75, 3.05) is 19.0 Å². The molecule has 0 aliphatic heterocycles. The van der Waals surface area contributed by atoms with Crippen molar-refractivity contribution in [2.45, 2.75) is 6.42 Å². The van der Waals surface area contributed by atoms with Gasteiger partial charge in [-0.1, -0.05) is 36.4 Å². The van der Waals surface area contributed by atoms with Gasteiger partial charge in [0.15, 0.2) is 0 Å². The third-order valence-corrected chi connectivity index (χ3v) is 6.14. The van der Waals surface area contributed by atoms with Gasteiger partial charge in [0.25, 0.3) is 0 Å². The van der Waals surface area contributed by atoms with Crippen LogP contribution in [-0.4, -0.2) is 34.3 Å². The molecule has 2 aromatic carbocycles. The average Bonchev–Trinajstić information content (AvgIpc) is 3.57. The Kier molecular flexibility index (Phi) is 4.21. The van der Waals surface area contributed by atoms with Crippen LogP contribution in [0.3, 0.4) is 0 Å². The van der Waals surface area contributed by atoms with E-state index in [1.165, 1.54) is 16.5 Å². The maximum atomic E-state index is 4.66. The molecule has 5 nitrogen and oxygen atoms in total. The van der Waals surface area contributed by atoms with Gasteiger partial charge in [0.1, 0.15) is 5.69 Å². The number of nitrogens with zero attached hydrogens (tertiary/aromatic N) is 3.